The number of hydrogen-bond acceptors (Lipinski definition) is 7. The van der Waals surface area contributed by atoms with E-state index in [9.17, 15) is 9.90 Å². The predicted octanol–water partition coefficient (Wildman–Crippen LogP) is 2.48. The number of hydrogen-bond donors (Lipinski definition) is 1. The van der Waals surface area contributed by atoms with E-state index in [1.54, 1.807) is 0 Å². The number of rotatable bonds is 8. The molecule has 2 aromatic carbocycles. The van der Waals surface area contributed by atoms with Gasteiger partial charge in [0, 0.05) is 65.4 Å². The van der Waals surface area contributed by atoms with Crippen molar-refractivity contribution in [1.82, 2.24) is 24.6 Å². The Bertz CT molecular complexity index is 1090. The molecule has 0 saturated carbocycles. The lowest BCUT2D eigenvalue weighted by Crippen LogP contribution is -2.48. The second-order valence-electron chi connectivity index (χ2n) is 9.68. The van der Waals surface area contributed by atoms with Crippen LogP contribution in [0.15, 0.2) is 71.3 Å². The highest BCUT2D eigenvalue weighted by Gasteiger charge is 2.26. The Kier molecular flexibility index (Phi) is 8.08. The zero-order valence-corrected chi connectivity index (χ0v) is 20.7. The molecule has 2 saturated heterocycles. The Morgan fingerprint density at radius 1 is 0.806 bits per heavy atom. The van der Waals surface area contributed by atoms with E-state index >= 15 is 0 Å². The number of β-amino-alcohol motifs (C(OH)–C–C–N with tert-alkyl or cyclic N) is 1. The van der Waals surface area contributed by atoms with Crippen LogP contribution in [0, 0.1) is 0 Å². The van der Waals surface area contributed by atoms with Crippen LogP contribution in [0.3, 0.4) is 0 Å². The molecule has 36 heavy (non-hydrogen) atoms. The van der Waals surface area contributed by atoms with Crippen molar-refractivity contribution in [2.75, 3.05) is 58.9 Å². The Morgan fingerprint density at radius 2 is 1.39 bits per heavy atom. The summed E-state index contributed by atoms with van der Waals surface area (Å²) in [4.78, 5) is 26.3. The second kappa shape index (κ2) is 11.8. The van der Waals surface area contributed by atoms with Gasteiger partial charge in [0.05, 0.1) is 12.6 Å². The van der Waals surface area contributed by atoms with E-state index in [-0.39, 0.29) is 5.91 Å². The lowest BCUT2D eigenvalue weighted by atomic mass is 10.1. The molecule has 1 N–H and O–H groups in total. The van der Waals surface area contributed by atoms with Crippen molar-refractivity contribution in [2.45, 2.75) is 19.2 Å². The average molecular weight is 490 g/mol. The number of nitrogens with zero attached hydrogens (tertiary/aromatic N) is 5. The van der Waals surface area contributed by atoms with Crippen LogP contribution in [0.5, 0.6) is 0 Å². The second-order valence-corrected chi connectivity index (χ2v) is 9.68. The molecule has 0 aliphatic carbocycles. The SMILES string of the molecule is O=C(c1coc(CN2CCN(CC(O)c3ccccc3)CC2)n1)N1CCN(Cc2ccccc2)CC1. The van der Waals surface area contributed by atoms with Crippen LogP contribution in [0.25, 0.3) is 0 Å². The predicted molar refractivity (Wildman–Crippen MR) is 137 cm³/mol. The molecule has 8 heteroatoms. The lowest BCUT2D eigenvalue weighted by molar-refractivity contribution is 0.0622. The third kappa shape index (κ3) is 6.39. The Balaban J connectivity index is 1.05. The van der Waals surface area contributed by atoms with Gasteiger partial charge in [-0.2, -0.15) is 0 Å². The first kappa shape index (κ1) is 24.6. The van der Waals surface area contributed by atoms with Crippen molar-refractivity contribution in [3.8, 4) is 0 Å². The number of piperazine rings is 2. The van der Waals surface area contributed by atoms with Crippen molar-refractivity contribution < 1.29 is 14.3 Å². The maximum Gasteiger partial charge on any atom is 0.275 e. The number of benzene rings is 2. The topological polar surface area (TPSA) is 76.3 Å². The fourth-order valence-corrected chi connectivity index (χ4v) is 4.94. The van der Waals surface area contributed by atoms with E-state index in [4.69, 9.17) is 4.42 Å². The molecule has 1 aromatic heterocycles. The largest absolute Gasteiger partial charge is 0.447 e. The Morgan fingerprint density at radius 3 is 2.08 bits per heavy atom. The standard InChI is InChI=1S/C28H35N5O3/c34-26(24-9-5-2-6-10-24)20-31-11-13-32(14-12-31)21-27-29-25(22-36-27)28(35)33-17-15-30(16-18-33)19-23-7-3-1-4-8-23/h1-10,22,26,34H,11-21H2. The Hall–Kier alpha value is -3.04. The molecular formula is C28H35N5O3. The van der Waals surface area contributed by atoms with Crippen molar-refractivity contribution in [3.63, 3.8) is 0 Å². The fraction of sp³-hybridized carbons (Fsp3) is 0.429. The first-order valence-corrected chi connectivity index (χ1v) is 12.8. The maximum atomic E-state index is 13.0. The number of carbonyl (C=O) groups excluding carboxylic acids is 1. The van der Waals surface area contributed by atoms with E-state index in [2.05, 4.69) is 43.9 Å². The molecule has 8 nitrogen and oxygen atoms in total. The number of carbonyl (C=O) groups is 1. The zero-order chi connectivity index (χ0) is 24.7. The van der Waals surface area contributed by atoms with Crippen molar-refractivity contribution in [2.24, 2.45) is 0 Å². The number of aromatic nitrogens is 1. The van der Waals surface area contributed by atoms with Gasteiger partial charge in [0.25, 0.3) is 5.91 Å². The van der Waals surface area contributed by atoms with Crippen LogP contribution in [0.2, 0.25) is 0 Å². The molecule has 1 amide bonds. The summed E-state index contributed by atoms with van der Waals surface area (Å²) < 4.78 is 5.66. The minimum atomic E-state index is -0.474. The summed E-state index contributed by atoms with van der Waals surface area (Å²) in [7, 11) is 0. The summed E-state index contributed by atoms with van der Waals surface area (Å²) in [5.41, 5.74) is 2.65. The number of amides is 1. The molecular weight excluding hydrogens is 454 g/mol. The van der Waals surface area contributed by atoms with Gasteiger partial charge in [0.2, 0.25) is 5.89 Å². The van der Waals surface area contributed by atoms with Crippen molar-refractivity contribution in [3.05, 3.63) is 89.6 Å². The van der Waals surface area contributed by atoms with Gasteiger partial charge in [0.15, 0.2) is 5.69 Å². The normalized spacial score (nSPS) is 18.9. The van der Waals surface area contributed by atoms with Crippen molar-refractivity contribution >= 4 is 5.91 Å². The van der Waals surface area contributed by atoms with Gasteiger partial charge < -0.3 is 14.4 Å². The van der Waals surface area contributed by atoms with Crippen LogP contribution < -0.4 is 0 Å². The summed E-state index contributed by atoms with van der Waals surface area (Å²) in [5.74, 6) is 0.530. The van der Waals surface area contributed by atoms with Crippen LogP contribution in [0.1, 0.15) is 33.6 Å². The van der Waals surface area contributed by atoms with Crippen LogP contribution >= 0.6 is 0 Å². The molecule has 2 fully saturated rings. The van der Waals surface area contributed by atoms with E-state index in [0.29, 0.717) is 37.8 Å². The first-order chi connectivity index (χ1) is 17.6. The van der Waals surface area contributed by atoms with Crippen LogP contribution in [0.4, 0.5) is 0 Å². The average Bonchev–Trinajstić information content (AvgIpc) is 3.39. The smallest absolute Gasteiger partial charge is 0.275 e. The molecule has 0 radical (unpaired) electrons. The fourth-order valence-electron chi connectivity index (χ4n) is 4.94. The summed E-state index contributed by atoms with van der Waals surface area (Å²) in [5, 5.41) is 10.5. The van der Waals surface area contributed by atoms with Gasteiger partial charge in [-0.15, -0.1) is 0 Å². The molecule has 1 atom stereocenters. The maximum absolute atomic E-state index is 13.0. The van der Waals surface area contributed by atoms with E-state index in [1.807, 2.05) is 41.3 Å². The van der Waals surface area contributed by atoms with Gasteiger partial charge in [-0.25, -0.2) is 4.98 Å². The number of aliphatic hydroxyl groups excluding tert-OH is 1. The molecule has 2 aliphatic rings. The van der Waals surface area contributed by atoms with E-state index < -0.39 is 6.10 Å². The number of aliphatic hydroxyl groups is 1. The molecule has 0 bridgehead atoms. The molecule has 2 aliphatic heterocycles. The summed E-state index contributed by atoms with van der Waals surface area (Å²) >= 11 is 0. The summed E-state index contributed by atoms with van der Waals surface area (Å²) in [6, 6.07) is 20.2. The van der Waals surface area contributed by atoms with Crippen LogP contribution in [-0.4, -0.2) is 94.5 Å². The van der Waals surface area contributed by atoms with Gasteiger partial charge in [-0.3, -0.25) is 19.5 Å². The van der Waals surface area contributed by atoms with Gasteiger partial charge in [0.1, 0.15) is 6.26 Å². The molecule has 3 heterocycles. The van der Waals surface area contributed by atoms with Crippen LogP contribution in [-0.2, 0) is 13.1 Å². The van der Waals surface area contributed by atoms with Gasteiger partial charge >= 0.3 is 0 Å². The van der Waals surface area contributed by atoms with E-state index in [1.165, 1.54) is 11.8 Å². The molecule has 1 unspecified atom stereocenters. The van der Waals surface area contributed by atoms with E-state index in [0.717, 1.165) is 51.4 Å². The molecule has 5 rings (SSSR count). The monoisotopic (exact) mass is 489 g/mol. The van der Waals surface area contributed by atoms with Gasteiger partial charge in [-0.05, 0) is 11.1 Å². The van der Waals surface area contributed by atoms with Gasteiger partial charge in [-0.1, -0.05) is 60.7 Å². The highest BCUT2D eigenvalue weighted by molar-refractivity contribution is 5.92. The molecule has 190 valence electrons. The third-order valence-corrected chi connectivity index (χ3v) is 7.12. The first-order valence-electron chi connectivity index (χ1n) is 12.8. The van der Waals surface area contributed by atoms with Crippen molar-refractivity contribution in [1.29, 1.82) is 0 Å². The lowest BCUT2D eigenvalue weighted by Gasteiger charge is -2.35. The summed E-state index contributed by atoms with van der Waals surface area (Å²) in [6.45, 7) is 8.75. The highest BCUT2D eigenvalue weighted by atomic mass is 16.3. The molecule has 3 aromatic rings. The molecule has 0 spiro atoms. The minimum absolute atomic E-state index is 0.0518. The quantitative estimate of drug-likeness (QED) is 0.521. The summed E-state index contributed by atoms with van der Waals surface area (Å²) in [6.07, 6.45) is 1.03. The number of oxazole rings is 1. The minimum Gasteiger partial charge on any atom is -0.447 e. The zero-order valence-electron chi connectivity index (χ0n) is 20.7. The third-order valence-electron chi connectivity index (χ3n) is 7.12. The highest BCUT2D eigenvalue weighted by Crippen LogP contribution is 2.17. The Labute approximate surface area is 212 Å².